The van der Waals surface area contributed by atoms with Crippen LogP contribution in [0.25, 0.3) is 0 Å². The molecular weight excluding hydrogens is 351 g/mol. The Kier molecular flexibility index (Phi) is 6.88. The van der Waals surface area contributed by atoms with Gasteiger partial charge in [-0.25, -0.2) is 0 Å². The largest absolute Gasteiger partial charge is 0.393 e. The van der Waals surface area contributed by atoms with Gasteiger partial charge in [-0.05, 0) is 105 Å². The fraction of sp³-hybridized carbons (Fsp3) is 1.00. The first-order valence-corrected chi connectivity index (χ1v) is 12.8. The van der Waals surface area contributed by atoms with Crippen LogP contribution in [0.15, 0.2) is 0 Å². The van der Waals surface area contributed by atoms with Crippen molar-refractivity contribution in [1.29, 1.82) is 0 Å². The third kappa shape index (κ3) is 4.75. The Morgan fingerprint density at radius 3 is 2.19 bits per heavy atom. The Labute approximate surface area is 169 Å². The van der Waals surface area contributed by atoms with Crippen LogP contribution < -0.4 is 0 Å². The van der Waals surface area contributed by atoms with Gasteiger partial charge in [0.2, 0.25) is 0 Å². The topological polar surface area (TPSA) is 40.5 Å². The minimum Gasteiger partial charge on any atom is -0.393 e. The molecule has 2 N–H and O–H groups in total. The van der Waals surface area contributed by atoms with Gasteiger partial charge in [-0.15, -0.1) is 9.24 Å². The monoisotopic (exact) mass is 394 g/mol. The number of fused-ring (bicyclic) bond motifs is 6. The molecule has 0 heterocycles. The van der Waals surface area contributed by atoms with Crippen LogP contribution in [-0.2, 0) is 0 Å². The molecule has 2 bridgehead atoms. The number of aliphatic hydroxyl groups excluding tert-OH is 2. The Morgan fingerprint density at radius 1 is 0.630 bits per heavy atom. The minimum atomic E-state index is -0.118. The lowest BCUT2D eigenvalue weighted by atomic mass is 9.66. The molecule has 11 atom stereocenters. The highest BCUT2D eigenvalue weighted by atomic mass is 31.0. The number of hydrogen-bond acceptors (Lipinski definition) is 2. The van der Waals surface area contributed by atoms with Crippen LogP contribution in [0.3, 0.4) is 0 Å². The highest BCUT2D eigenvalue weighted by molar-refractivity contribution is 7.17. The molecular formula is C24H43O2P. The minimum absolute atomic E-state index is 0.118. The highest BCUT2D eigenvalue weighted by Gasteiger charge is 2.46. The van der Waals surface area contributed by atoms with E-state index >= 15 is 0 Å². The van der Waals surface area contributed by atoms with Crippen molar-refractivity contribution < 1.29 is 10.2 Å². The predicted octanol–water partition coefficient (Wildman–Crippen LogP) is 5.41. The first-order chi connectivity index (χ1) is 13.0. The van der Waals surface area contributed by atoms with Gasteiger partial charge in [0.25, 0.3) is 0 Å². The Morgan fingerprint density at radius 2 is 1.33 bits per heavy atom. The second-order valence-electron chi connectivity index (χ2n) is 11.0. The standard InChI is InChI=1S/C24H43O2P/c1-15-9-16-7-8-21-20-5-3-2-4-6-24(27)23(20)14-19(26)13-22(21)17(11-16)12-18(25)10-15/h15-26H,2-14,27H2,1H3. The van der Waals surface area contributed by atoms with Crippen molar-refractivity contribution in [3.63, 3.8) is 0 Å². The van der Waals surface area contributed by atoms with Crippen molar-refractivity contribution in [3.05, 3.63) is 0 Å². The third-order valence-corrected chi connectivity index (χ3v) is 9.83. The van der Waals surface area contributed by atoms with Crippen molar-refractivity contribution in [1.82, 2.24) is 0 Å². The molecule has 4 saturated carbocycles. The summed E-state index contributed by atoms with van der Waals surface area (Å²) in [7, 11) is 3.18. The van der Waals surface area contributed by atoms with Crippen LogP contribution in [0.1, 0.15) is 90.4 Å². The number of rotatable bonds is 0. The molecule has 0 aromatic heterocycles. The average Bonchev–Trinajstić information content (AvgIpc) is 2.82. The Hall–Kier alpha value is 0.350. The summed E-state index contributed by atoms with van der Waals surface area (Å²) in [6.45, 7) is 2.35. The SMILES string of the molecule is CC1CC(O)CC2CC(CCC3C2CC(O)CC2C(P)CCCCCC23)C1. The summed E-state index contributed by atoms with van der Waals surface area (Å²) in [6, 6.07) is 0. The van der Waals surface area contributed by atoms with Crippen LogP contribution in [0.4, 0.5) is 0 Å². The molecule has 0 amide bonds. The first-order valence-electron chi connectivity index (χ1n) is 12.1. The van der Waals surface area contributed by atoms with Crippen LogP contribution in [-0.4, -0.2) is 28.1 Å². The fourth-order valence-electron chi connectivity index (χ4n) is 7.96. The van der Waals surface area contributed by atoms with Crippen molar-refractivity contribution in [2.75, 3.05) is 0 Å². The van der Waals surface area contributed by atoms with E-state index in [1.54, 1.807) is 0 Å². The zero-order valence-corrected chi connectivity index (χ0v) is 18.6. The molecule has 0 radical (unpaired) electrons. The highest BCUT2D eigenvalue weighted by Crippen LogP contribution is 2.53. The lowest BCUT2D eigenvalue weighted by molar-refractivity contribution is 0.0442. The zero-order chi connectivity index (χ0) is 19.0. The van der Waals surface area contributed by atoms with Crippen LogP contribution in [0.2, 0.25) is 0 Å². The lowest BCUT2D eigenvalue weighted by Crippen LogP contribution is -2.35. The summed E-state index contributed by atoms with van der Waals surface area (Å²) in [6.07, 6.45) is 16.1. The van der Waals surface area contributed by atoms with Gasteiger partial charge in [-0.2, -0.15) is 0 Å². The molecule has 11 unspecified atom stereocenters. The second-order valence-corrected chi connectivity index (χ2v) is 11.8. The first kappa shape index (κ1) is 20.6. The van der Waals surface area contributed by atoms with E-state index < -0.39 is 0 Å². The summed E-state index contributed by atoms with van der Waals surface area (Å²) in [5, 5.41) is 21.7. The Bertz CT molecular complexity index is 483. The maximum Gasteiger partial charge on any atom is 0.0546 e. The molecule has 0 aromatic rings. The van der Waals surface area contributed by atoms with Crippen molar-refractivity contribution in [3.8, 4) is 0 Å². The molecule has 4 fully saturated rings. The fourth-order valence-corrected chi connectivity index (χ4v) is 8.64. The molecule has 27 heavy (non-hydrogen) atoms. The van der Waals surface area contributed by atoms with Gasteiger partial charge in [-0.1, -0.05) is 32.6 Å². The summed E-state index contributed by atoms with van der Waals surface area (Å²) in [5.74, 6) is 5.14. The molecule has 0 spiro atoms. The van der Waals surface area contributed by atoms with Gasteiger partial charge < -0.3 is 10.2 Å². The molecule has 4 aliphatic carbocycles. The molecule has 0 aromatic carbocycles. The maximum atomic E-state index is 11.0. The molecule has 2 nitrogen and oxygen atoms in total. The third-order valence-electron chi connectivity index (χ3n) is 9.00. The smallest absolute Gasteiger partial charge is 0.0546 e. The van der Waals surface area contributed by atoms with Crippen LogP contribution >= 0.6 is 9.24 Å². The van der Waals surface area contributed by atoms with Gasteiger partial charge in [0, 0.05) is 0 Å². The van der Waals surface area contributed by atoms with Gasteiger partial charge in [0.15, 0.2) is 0 Å². The summed E-state index contributed by atoms with van der Waals surface area (Å²) in [5.41, 5.74) is 0.697. The molecule has 3 heteroatoms. The predicted molar refractivity (Wildman–Crippen MR) is 116 cm³/mol. The zero-order valence-electron chi connectivity index (χ0n) is 17.4. The summed E-state index contributed by atoms with van der Waals surface area (Å²) < 4.78 is 0. The number of aliphatic hydroxyl groups is 2. The average molecular weight is 395 g/mol. The summed E-state index contributed by atoms with van der Waals surface area (Å²) >= 11 is 0. The van der Waals surface area contributed by atoms with Crippen LogP contribution in [0.5, 0.6) is 0 Å². The quantitative estimate of drug-likeness (QED) is 0.539. The van der Waals surface area contributed by atoms with Crippen molar-refractivity contribution in [2.45, 2.75) is 108 Å². The normalized spacial score (nSPS) is 52.0. The van der Waals surface area contributed by atoms with E-state index in [-0.39, 0.29) is 12.2 Å². The second kappa shape index (κ2) is 9.01. The van der Waals surface area contributed by atoms with Gasteiger partial charge >= 0.3 is 0 Å². The van der Waals surface area contributed by atoms with Crippen molar-refractivity contribution in [2.24, 2.45) is 41.4 Å². The van der Waals surface area contributed by atoms with E-state index in [4.69, 9.17) is 0 Å². The lowest BCUT2D eigenvalue weighted by Gasteiger charge is -2.41. The molecule has 0 aliphatic heterocycles. The molecule has 4 aliphatic rings. The molecule has 156 valence electrons. The van der Waals surface area contributed by atoms with Crippen LogP contribution in [0, 0.1) is 41.4 Å². The maximum absolute atomic E-state index is 11.0. The molecule has 0 saturated heterocycles. The van der Waals surface area contributed by atoms with E-state index in [0.717, 1.165) is 43.4 Å². The van der Waals surface area contributed by atoms with Crippen molar-refractivity contribution >= 4 is 9.24 Å². The van der Waals surface area contributed by atoms with Gasteiger partial charge in [0.05, 0.1) is 12.2 Å². The van der Waals surface area contributed by atoms with E-state index in [0.29, 0.717) is 29.3 Å². The molecule has 4 rings (SSSR count). The number of hydrogen-bond donors (Lipinski definition) is 2. The summed E-state index contributed by atoms with van der Waals surface area (Å²) in [4.78, 5) is 0. The van der Waals surface area contributed by atoms with Gasteiger partial charge in [0.1, 0.15) is 0 Å². The van der Waals surface area contributed by atoms with E-state index in [1.165, 1.54) is 57.8 Å². The van der Waals surface area contributed by atoms with Gasteiger partial charge in [-0.3, -0.25) is 0 Å². The van der Waals surface area contributed by atoms with E-state index in [1.807, 2.05) is 0 Å². The Balaban J connectivity index is 1.63. The van der Waals surface area contributed by atoms with E-state index in [9.17, 15) is 10.2 Å². The van der Waals surface area contributed by atoms with E-state index in [2.05, 4.69) is 16.2 Å².